The predicted molar refractivity (Wildman–Crippen MR) is 86.1 cm³/mol. The maximum absolute atomic E-state index is 13.2. The first-order chi connectivity index (χ1) is 11.7. The van der Waals surface area contributed by atoms with Crippen molar-refractivity contribution < 1.29 is 22.7 Å². The molecule has 0 atom stereocenters. The molecule has 2 heterocycles. The predicted octanol–water partition coefficient (Wildman–Crippen LogP) is 4.02. The van der Waals surface area contributed by atoms with Crippen LogP contribution < -0.4 is 4.90 Å². The molecule has 0 radical (unpaired) electrons. The zero-order valence-electron chi connectivity index (χ0n) is 12.9. The van der Waals surface area contributed by atoms with Crippen molar-refractivity contribution in [2.24, 2.45) is 0 Å². The third-order valence-corrected chi connectivity index (χ3v) is 4.56. The largest absolute Gasteiger partial charge is 0.465 e. The zero-order valence-corrected chi connectivity index (χ0v) is 14.4. The van der Waals surface area contributed by atoms with Crippen LogP contribution in [0, 0.1) is 0 Å². The minimum absolute atomic E-state index is 0.0882. The van der Waals surface area contributed by atoms with Crippen molar-refractivity contribution in [2.75, 3.05) is 18.6 Å². The molecule has 3 rings (SSSR count). The second-order valence-electron chi connectivity index (χ2n) is 5.43. The summed E-state index contributed by atoms with van der Waals surface area (Å²) in [6.07, 6.45) is -4.75. The summed E-state index contributed by atoms with van der Waals surface area (Å²) >= 11 is 11.8. The van der Waals surface area contributed by atoms with Crippen LogP contribution in [0.5, 0.6) is 0 Å². The van der Waals surface area contributed by atoms with Gasteiger partial charge in [-0.25, -0.2) is 9.48 Å². The molecule has 0 saturated heterocycles. The van der Waals surface area contributed by atoms with E-state index in [1.165, 1.54) is 4.68 Å². The Morgan fingerprint density at radius 2 is 2.00 bits per heavy atom. The number of hydrogen-bond acceptors (Lipinski definition) is 4. The highest BCUT2D eigenvalue weighted by Gasteiger charge is 2.44. The van der Waals surface area contributed by atoms with E-state index in [-0.39, 0.29) is 18.9 Å². The average Bonchev–Trinajstić information content (AvgIpc) is 3.10. The van der Waals surface area contributed by atoms with Crippen LogP contribution >= 0.6 is 23.2 Å². The summed E-state index contributed by atoms with van der Waals surface area (Å²) in [7, 11) is 1.03. The van der Waals surface area contributed by atoms with E-state index < -0.39 is 23.4 Å². The van der Waals surface area contributed by atoms with E-state index in [1.807, 2.05) is 0 Å². The van der Waals surface area contributed by atoms with E-state index in [1.54, 1.807) is 23.1 Å². The highest BCUT2D eigenvalue weighted by molar-refractivity contribution is 6.42. The molecule has 0 aliphatic carbocycles. The Bertz CT molecular complexity index is 836. The number of esters is 1. The second-order valence-corrected chi connectivity index (χ2v) is 6.24. The molecule has 1 aromatic carbocycles. The van der Waals surface area contributed by atoms with E-state index in [0.717, 1.165) is 12.7 Å². The second kappa shape index (κ2) is 6.42. The van der Waals surface area contributed by atoms with Crippen molar-refractivity contribution >= 4 is 35.0 Å². The number of halogens is 5. The smallest absolute Gasteiger partial charge is 0.436 e. The van der Waals surface area contributed by atoms with Crippen molar-refractivity contribution in [3.63, 3.8) is 0 Å². The average molecular weight is 394 g/mol. The van der Waals surface area contributed by atoms with Gasteiger partial charge in [-0.15, -0.1) is 0 Å². The van der Waals surface area contributed by atoms with Crippen LogP contribution in [-0.2, 0) is 24.0 Å². The van der Waals surface area contributed by atoms with Gasteiger partial charge < -0.3 is 9.64 Å². The highest BCUT2D eigenvalue weighted by Crippen LogP contribution is 2.39. The Morgan fingerprint density at radius 3 is 2.60 bits per heavy atom. The molecule has 0 spiro atoms. The van der Waals surface area contributed by atoms with Gasteiger partial charge in [0.05, 0.1) is 23.7 Å². The fourth-order valence-electron chi connectivity index (χ4n) is 2.75. The number of benzene rings is 1. The molecule has 1 aliphatic heterocycles. The topological polar surface area (TPSA) is 47.4 Å². The third-order valence-electron chi connectivity index (χ3n) is 3.82. The van der Waals surface area contributed by atoms with Gasteiger partial charge in [-0.3, -0.25) is 0 Å². The summed E-state index contributed by atoms with van der Waals surface area (Å²) < 4.78 is 45.4. The van der Waals surface area contributed by atoms with E-state index in [0.29, 0.717) is 16.6 Å². The van der Waals surface area contributed by atoms with Gasteiger partial charge >= 0.3 is 12.1 Å². The zero-order chi connectivity index (χ0) is 18.4. The Labute approximate surface area is 150 Å². The molecule has 0 fully saturated rings. The number of carbonyl (C=O) groups excluding carboxylic acids is 1. The molecule has 1 aliphatic rings. The van der Waals surface area contributed by atoms with E-state index in [4.69, 9.17) is 23.2 Å². The van der Waals surface area contributed by atoms with Crippen molar-refractivity contribution in [1.82, 2.24) is 9.78 Å². The molecule has 10 heteroatoms. The molecule has 0 bridgehead atoms. The number of anilines is 1. The van der Waals surface area contributed by atoms with Crippen LogP contribution in [0.2, 0.25) is 10.0 Å². The Balaban J connectivity index is 2.02. The molecular formula is C15H12Cl2F3N3O2. The number of hydrogen-bond donors (Lipinski definition) is 0. The van der Waals surface area contributed by atoms with Gasteiger partial charge in [-0.05, 0) is 17.7 Å². The van der Waals surface area contributed by atoms with Crippen molar-refractivity contribution in [2.45, 2.75) is 19.3 Å². The third kappa shape index (κ3) is 3.28. The summed E-state index contributed by atoms with van der Waals surface area (Å²) in [6.45, 7) is 0.894. The lowest BCUT2D eigenvalue weighted by Crippen LogP contribution is -2.23. The van der Waals surface area contributed by atoms with Crippen LogP contribution in [0.15, 0.2) is 18.2 Å². The lowest BCUT2D eigenvalue weighted by atomic mass is 10.2. The number of aromatic nitrogens is 2. The molecular weight excluding hydrogens is 382 g/mol. The number of rotatable bonds is 3. The molecule has 0 N–H and O–H groups in total. The first kappa shape index (κ1) is 17.9. The lowest BCUT2D eigenvalue weighted by molar-refractivity contribution is -0.142. The minimum Gasteiger partial charge on any atom is -0.465 e. The number of nitrogens with zero attached hydrogens (tertiary/aromatic N) is 3. The van der Waals surface area contributed by atoms with Crippen molar-refractivity contribution in [3.8, 4) is 0 Å². The molecule has 0 amide bonds. The maximum atomic E-state index is 13.2. The number of ether oxygens (including phenoxy) is 1. The van der Waals surface area contributed by atoms with Crippen LogP contribution in [0.3, 0.4) is 0 Å². The first-order valence-electron chi connectivity index (χ1n) is 7.17. The number of carbonyl (C=O) groups is 1. The van der Waals surface area contributed by atoms with E-state index in [2.05, 4.69) is 9.84 Å². The molecule has 25 heavy (non-hydrogen) atoms. The number of methoxy groups -OCH3 is 1. The quantitative estimate of drug-likeness (QED) is 0.739. The van der Waals surface area contributed by atoms with Gasteiger partial charge in [-0.2, -0.15) is 18.3 Å². The van der Waals surface area contributed by atoms with Gasteiger partial charge in [0.2, 0.25) is 0 Å². The van der Waals surface area contributed by atoms with Crippen LogP contribution in [-0.4, -0.2) is 29.4 Å². The van der Waals surface area contributed by atoms with Crippen molar-refractivity contribution in [3.05, 3.63) is 45.1 Å². The fourth-order valence-corrected chi connectivity index (χ4v) is 3.07. The Kier molecular flexibility index (Phi) is 4.59. The maximum Gasteiger partial charge on any atom is 0.436 e. The molecule has 0 saturated carbocycles. The fraction of sp³-hybridized carbons (Fsp3) is 0.333. The van der Waals surface area contributed by atoms with Gasteiger partial charge in [0.1, 0.15) is 11.4 Å². The Hall–Kier alpha value is -1.93. The molecule has 1 aromatic heterocycles. The molecule has 2 aromatic rings. The molecule has 0 unspecified atom stereocenters. The summed E-state index contributed by atoms with van der Waals surface area (Å²) in [5.41, 5.74) is -1.07. The van der Waals surface area contributed by atoms with Gasteiger partial charge in [0.15, 0.2) is 5.69 Å². The summed E-state index contributed by atoms with van der Waals surface area (Å²) in [6, 6.07) is 4.95. The summed E-state index contributed by atoms with van der Waals surface area (Å²) in [5, 5.41) is 4.28. The van der Waals surface area contributed by atoms with Gasteiger partial charge in [-0.1, -0.05) is 29.3 Å². The summed E-state index contributed by atoms with van der Waals surface area (Å²) in [4.78, 5) is 13.6. The van der Waals surface area contributed by atoms with Crippen LogP contribution in [0.4, 0.5) is 19.0 Å². The SMILES string of the molecule is COC(=O)c1c(C(F)(F)F)nn2c1N(Cc1ccc(Cl)c(Cl)c1)CC2. The lowest BCUT2D eigenvalue weighted by Gasteiger charge is -2.19. The normalized spacial score (nSPS) is 13.9. The standard InChI is InChI=1S/C15H12Cl2F3N3O2/c1-25-14(24)11-12(15(18,19)20)21-23-5-4-22(13(11)23)7-8-2-3-9(16)10(17)6-8/h2-3,6H,4-5,7H2,1H3. The monoisotopic (exact) mass is 393 g/mol. The number of alkyl halides is 3. The van der Waals surface area contributed by atoms with Gasteiger partial charge in [0.25, 0.3) is 0 Å². The van der Waals surface area contributed by atoms with Gasteiger partial charge in [0, 0.05) is 13.1 Å². The van der Waals surface area contributed by atoms with Crippen molar-refractivity contribution in [1.29, 1.82) is 0 Å². The van der Waals surface area contributed by atoms with Crippen LogP contribution in [0.25, 0.3) is 0 Å². The van der Waals surface area contributed by atoms with Crippen LogP contribution in [0.1, 0.15) is 21.6 Å². The molecule has 5 nitrogen and oxygen atoms in total. The number of fused-ring (bicyclic) bond motifs is 1. The van der Waals surface area contributed by atoms with E-state index >= 15 is 0 Å². The Morgan fingerprint density at radius 1 is 1.28 bits per heavy atom. The first-order valence-corrected chi connectivity index (χ1v) is 7.93. The highest BCUT2D eigenvalue weighted by atomic mass is 35.5. The minimum atomic E-state index is -4.75. The molecule has 134 valence electrons. The van der Waals surface area contributed by atoms with E-state index in [9.17, 15) is 18.0 Å². The summed E-state index contributed by atoms with van der Waals surface area (Å²) in [5.74, 6) is -0.986.